The van der Waals surface area contributed by atoms with Crippen LogP contribution in [0.4, 0.5) is 5.69 Å². The maximum Gasteiger partial charge on any atom is 0.253 e. The molecule has 2 heterocycles. The number of amides is 2. The van der Waals surface area contributed by atoms with Crippen LogP contribution in [0.1, 0.15) is 43.0 Å². The zero-order valence-electron chi connectivity index (χ0n) is 14.9. The highest BCUT2D eigenvalue weighted by atomic mass is 35.5. The van der Waals surface area contributed by atoms with Crippen LogP contribution in [0.3, 0.4) is 0 Å². The van der Waals surface area contributed by atoms with Gasteiger partial charge in [0.2, 0.25) is 5.91 Å². The minimum absolute atomic E-state index is 0. The van der Waals surface area contributed by atoms with Gasteiger partial charge in [-0.3, -0.25) is 9.59 Å². The first-order chi connectivity index (χ1) is 11.7. The van der Waals surface area contributed by atoms with E-state index in [-0.39, 0.29) is 24.2 Å². The molecule has 1 aromatic carbocycles. The van der Waals surface area contributed by atoms with Gasteiger partial charge in [0, 0.05) is 37.3 Å². The van der Waals surface area contributed by atoms with Crippen molar-refractivity contribution in [1.29, 1.82) is 0 Å². The summed E-state index contributed by atoms with van der Waals surface area (Å²) in [5.41, 5.74) is 1.54. The first kappa shape index (κ1) is 19.7. The van der Waals surface area contributed by atoms with E-state index in [4.69, 9.17) is 0 Å². The van der Waals surface area contributed by atoms with Gasteiger partial charge in [0.1, 0.15) is 0 Å². The van der Waals surface area contributed by atoms with Gasteiger partial charge >= 0.3 is 0 Å². The van der Waals surface area contributed by atoms with Gasteiger partial charge < -0.3 is 15.1 Å². The SMILES string of the molecule is CCNCC1CCN(C(=O)c2cccc(N3CCCC3=O)c2)CC1.Cl. The first-order valence-corrected chi connectivity index (χ1v) is 9.09. The lowest BCUT2D eigenvalue weighted by Crippen LogP contribution is -2.40. The maximum absolute atomic E-state index is 12.8. The molecule has 25 heavy (non-hydrogen) atoms. The second-order valence-electron chi connectivity index (χ2n) is 6.74. The van der Waals surface area contributed by atoms with E-state index in [0.29, 0.717) is 17.9 Å². The number of nitrogens with one attached hydrogen (secondary N) is 1. The fraction of sp³-hybridized carbons (Fsp3) is 0.579. The zero-order chi connectivity index (χ0) is 16.9. The third kappa shape index (κ3) is 4.73. The summed E-state index contributed by atoms with van der Waals surface area (Å²) in [7, 11) is 0. The molecular weight excluding hydrogens is 338 g/mol. The van der Waals surface area contributed by atoms with Gasteiger partial charge in [-0.25, -0.2) is 0 Å². The van der Waals surface area contributed by atoms with Gasteiger partial charge in [-0.15, -0.1) is 12.4 Å². The maximum atomic E-state index is 12.8. The monoisotopic (exact) mass is 365 g/mol. The van der Waals surface area contributed by atoms with E-state index < -0.39 is 0 Å². The van der Waals surface area contributed by atoms with Crippen molar-refractivity contribution in [2.75, 3.05) is 37.6 Å². The highest BCUT2D eigenvalue weighted by molar-refractivity contribution is 5.99. The van der Waals surface area contributed by atoms with Crippen LogP contribution in [0.25, 0.3) is 0 Å². The molecule has 2 saturated heterocycles. The van der Waals surface area contributed by atoms with Crippen molar-refractivity contribution < 1.29 is 9.59 Å². The van der Waals surface area contributed by atoms with Crippen LogP contribution in [0.5, 0.6) is 0 Å². The van der Waals surface area contributed by atoms with Crippen molar-refractivity contribution in [3.05, 3.63) is 29.8 Å². The third-order valence-electron chi connectivity index (χ3n) is 5.06. The van der Waals surface area contributed by atoms with E-state index in [0.717, 1.165) is 57.7 Å². The molecule has 0 atom stereocenters. The lowest BCUT2D eigenvalue weighted by molar-refractivity contribution is -0.117. The molecule has 2 fully saturated rings. The largest absolute Gasteiger partial charge is 0.339 e. The Bertz CT molecular complexity index is 600. The molecule has 1 N–H and O–H groups in total. The summed E-state index contributed by atoms with van der Waals surface area (Å²) >= 11 is 0. The summed E-state index contributed by atoms with van der Waals surface area (Å²) in [6, 6.07) is 7.53. The number of halogens is 1. The summed E-state index contributed by atoms with van der Waals surface area (Å²) in [5, 5.41) is 3.40. The number of hydrogen-bond acceptors (Lipinski definition) is 3. The lowest BCUT2D eigenvalue weighted by atomic mass is 9.96. The topological polar surface area (TPSA) is 52.7 Å². The minimum atomic E-state index is 0. The van der Waals surface area contributed by atoms with Gasteiger partial charge in [-0.2, -0.15) is 0 Å². The number of piperidine rings is 1. The lowest BCUT2D eigenvalue weighted by Gasteiger charge is -2.32. The van der Waals surface area contributed by atoms with E-state index in [1.165, 1.54) is 0 Å². The summed E-state index contributed by atoms with van der Waals surface area (Å²) in [6.07, 6.45) is 3.62. The Morgan fingerprint density at radius 2 is 2.00 bits per heavy atom. The smallest absolute Gasteiger partial charge is 0.253 e. The van der Waals surface area contributed by atoms with Crippen molar-refractivity contribution in [3.8, 4) is 0 Å². The molecular formula is C19H28ClN3O2. The number of carbonyl (C=O) groups is 2. The van der Waals surface area contributed by atoms with Crippen LogP contribution in [-0.4, -0.2) is 49.4 Å². The van der Waals surface area contributed by atoms with E-state index in [1.807, 2.05) is 29.2 Å². The Labute approximate surface area is 156 Å². The quantitative estimate of drug-likeness (QED) is 0.872. The number of benzene rings is 1. The average Bonchev–Trinajstić information content (AvgIpc) is 3.06. The van der Waals surface area contributed by atoms with Crippen LogP contribution in [-0.2, 0) is 4.79 Å². The Hall–Kier alpha value is -1.59. The normalized spacial score (nSPS) is 18.4. The molecule has 0 radical (unpaired) electrons. The van der Waals surface area contributed by atoms with E-state index in [1.54, 1.807) is 4.90 Å². The number of anilines is 1. The molecule has 0 saturated carbocycles. The average molecular weight is 366 g/mol. The van der Waals surface area contributed by atoms with Crippen LogP contribution in [0.2, 0.25) is 0 Å². The molecule has 0 unspecified atom stereocenters. The second kappa shape index (κ2) is 9.20. The molecule has 2 aliphatic rings. The Balaban J connectivity index is 0.00000225. The summed E-state index contributed by atoms with van der Waals surface area (Å²) in [4.78, 5) is 28.4. The molecule has 0 bridgehead atoms. The fourth-order valence-corrected chi connectivity index (χ4v) is 3.60. The molecule has 0 aliphatic carbocycles. The predicted octanol–water partition coefficient (Wildman–Crippen LogP) is 2.70. The van der Waals surface area contributed by atoms with Crippen molar-refractivity contribution in [2.24, 2.45) is 5.92 Å². The van der Waals surface area contributed by atoms with Crippen molar-refractivity contribution in [3.63, 3.8) is 0 Å². The molecule has 138 valence electrons. The predicted molar refractivity (Wildman–Crippen MR) is 102 cm³/mol. The van der Waals surface area contributed by atoms with Gasteiger partial charge in [0.15, 0.2) is 0 Å². The van der Waals surface area contributed by atoms with Gasteiger partial charge in [-0.05, 0) is 56.5 Å². The summed E-state index contributed by atoms with van der Waals surface area (Å²) in [6.45, 7) is 6.57. The molecule has 3 rings (SSSR count). The Morgan fingerprint density at radius 1 is 1.24 bits per heavy atom. The number of rotatable bonds is 5. The first-order valence-electron chi connectivity index (χ1n) is 9.09. The number of likely N-dealkylation sites (tertiary alicyclic amines) is 1. The third-order valence-corrected chi connectivity index (χ3v) is 5.06. The molecule has 2 aliphatic heterocycles. The number of carbonyl (C=O) groups excluding carboxylic acids is 2. The van der Waals surface area contributed by atoms with Gasteiger partial charge in [0.05, 0.1) is 0 Å². The van der Waals surface area contributed by atoms with Crippen LogP contribution in [0.15, 0.2) is 24.3 Å². The van der Waals surface area contributed by atoms with Crippen molar-refractivity contribution >= 4 is 29.9 Å². The van der Waals surface area contributed by atoms with Crippen molar-refractivity contribution in [2.45, 2.75) is 32.6 Å². The Kier molecular flexibility index (Phi) is 7.26. The summed E-state index contributed by atoms with van der Waals surface area (Å²) < 4.78 is 0. The van der Waals surface area contributed by atoms with E-state index in [9.17, 15) is 9.59 Å². The van der Waals surface area contributed by atoms with Crippen molar-refractivity contribution in [1.82, 2.24) is 10.2 Å². The van der Waals surface area contributed by atoms with Gasteiger partial charge in [0.25, 0.3) is 5.91 Å². The molecule has 6 heteroatoms. The highest BCUT2D eigenvalue weighted by Crippen LogP contribution is 2.24. The molecule has 0 spiro atoms. The highest BCUT2D eigenvalue weighted by Gasteiger charge is 2.25. The Morgan fingerprint density at radius 3 is 2.64 bits per heavy atom. The molecule has 2 amide bonds. The van der Waals surface area contributed by atoms with E-state index in [2.05, 4.69) is 12.2 Å². The van der Waals surface area contributed by atoms with Gasteiger partial charge in [-0.1, -0.05) is 13.0 Å². The second-order valence-corrected chi connectivity index (χ2v) is 6.74. The molecule has 1 aromatic rings. The van der Waals surface area contributed by atoms with E-state index >= 15 is 0 Å². The number of hydrogen-bond donors (Lipinski definition) is 1. The fourth-order valence-electron chi connectivity index (χ4n) is 3.60. The standard InChI is InChI=1S/C19H27N3O2.ClH/c1-2-20-14-15-8-11-21(12-9-15)19(24)16-5-3-6-17(13-16)22-10-4-7-18(22)23;/h3,5-6,13,15,20H,2,4,7-12,14H2,1H3;1H. The number of nitrogens with zero attached hydrogens (tertiary/aromatic N) is 2. The minimum Gasteiger partial charge on any atom is -0.339 e. The summed E-state index contributed by atoms with van der Waals surface area (Å²) in [5.74, 6) is 0.914. The van der Waals surface area contributed by atoms with Crippen LogP contribution in [0, 0.1) is 5.92 Å². The van der Waals surface area contributed by atoms with Crippen LogP contribution >= 0.6 is 12.4 Å². The van der Waals surface area contributed by atoms with Crippen LogP contribution < -0.4 is 10.2 Å². The zero-order valence-corrected chi connectivity index (χ0v) is 15.7. The molecule has 0 aromatic heterocycles. The molecule has 5 nitrogen and oxygen atoms in total.